The summed E-state index contributed by atoms with van der Waals surface area (Å²) in [4.78, 5) is 26.5. The normalized spacial score (nSPS) is 15.1. The van der Waals surface area contributed by atoms with E-state index in [-0.39, 0.29) is 24.5 Å². The van der Waals surface area contributed by atoms with Crippen molar-refractivity contribution in [2.45, 2.75) is 19.4 Å². The van der Waals surface area contributed by atoms with E-state index in [1.54, 1.807) is 38.4 Å². The molecule has 8 heteroatoms. The molecule has 0 saturated carbocycles. The number of methoxy groups -OCH3 is 3. The molecule has 30 heavy (non-hydrogen) atoms. The number of fused-ring (bicyclic) bond motifs is 1. The maximum atomic E-state index is 13.2. The van der Waals surface area contributed by atoms with Gasteiger partial charge in [0.2, 0.25) is 5.91 Å². The van der Waals surface area contributed by atoms with Gasteiger partial charge in [0.25, 0.3) is 0 Å². The predicted octanol–water partition coefficient (Wildman–Crippen LogP) is 2.98. The number of nitrogens with one attached hydrogen (secondary N) is 2. The molecule has 1 aliphatic heterocycles. The molecule has 1 atom stereocenters. The van der Waals surface area contributed by atoms with Crippen molar-refractivity contribution < 1.29 is 23.8 Å². The van der Waals surface area contributed by atoms with E-state index in [0.29, 0.717) is 35.9 Å². The molecule has 1 heterocycles. The van der Waals surface area contributed by atoms with Gasteiger partial charge in [0.1, 0.15) is 5.75 Å². The van der Waals surface area contributed by atoms with Crippen molar-refractivity contribution in [3.8, 4) is 17.2 Å². The van der Waals surface area contributed by atoms with Gasteiger partial charge >= 0.3 is 6.03 Å². The Labute approximate surface area is 176 Å². The second kappa shape index (κ2) is 9.39. The Morgan fingerprint density at radius 3 is 2.37 bits per heavy atom. The number of urea groups is 1. The molecular formula is C22H27N3O5. The number of rotatable bonds is 6. The van der Waals surface area contributed by atoms with Crippen LogP contribution in [0.25, 0.3) is 0 Å². The van der Waals surface area contributed by atoms with Crippen LogP contribution in [0.15, 0.2) is 36.4 Å². The van der Waals surface area contributed by atoms with Gasteiger partial charge in [-0.1, -0.05) is 12.1 Å². The minimum atomic E-state index is -0.354. The third kappa shape index (κ3) is 4.42. The van der Waals surface area contributed by atoms with E-state index in [4.69, 9.17) is 14.2 Å². The molecule has 160 valence electrons. The quantitative estimate of drug-likeness (QED) is 0.760. The van der Waals surface area contributed by atoms with E-state index in [2.05, 4.69) is 10.6 Å². The largest absolute Gasteiger partial charge is 0.495 e. The molecule has 8 nitrogen and oxygen atoms in total. The van der Waals surface area contributed by atoms with Crippen LogP contribution in [0.3, 0.4) is 0 Å². The first-order chi connectivity index (χ1) is 14.5. The first-order valence-corrected chi connectivity index (χ1v) is 9.68. The molecule has 2 N–H and O–H groups in total. The molecule has 0 spiro atoms. The molecule has 3 amide bonds. The topological polar surface area (TPSA) is 89.1 Å². The Bertz CT molecular complexity index is 931. The van der Waals surface area contributed by atoms with Crippen LogP contribution in [-0.2, 0) is 11.2 Å². The number of para-hydroxylation sites is 2. The molecule has 0 aromatic heterocycles. The van der Waals surface area contributed by atoms with Crippen molar-refractivity contribution in [1.29, 1.82) is 0 Å². The minimum Gasteiger partial charge on any atom is -0.495 e. The molecule has 0 bridgehead atoms. The van der Waals surface area contributed by atoms with Gasteiger partial charge in [-0.3, -0.25) is 4.79 Å². The zero-order valence-corrected chi connectivity index (χ0v) is 17.7. The summed E-state index contributed by atoms with van der Waals surface area (Å²) < 4.78 is 16.2. The van der Waals surface area contributed by atoms with Crippen LogP contribution in [0, 0.1) is 0 Å². The Morgan fingerprint density at radius 1 is 1.03 bits per heavy atom. The van der Waals surface area contributed by atoms with E-state index < -0.39 is 0 Å². The van der Waals surface area contributed by atoms with Crippen molar-refractivity contribution in [2.75, 3.05) is 39.7 Å². The molecule has 2 aromatic rings. The molecular weight excluding hydrogens is 386 g/mol. The Hall–Kier alpha value is -3.42. The molecule has 0 fully saturated rings. The van der Waals surface area contributed by atoms with E-state index in [0.717, 1.165) is 11.1 Å². The first-order valence-electron chi connectivity index (χ1n) is 9.68. The van der Waals surface area contributed by atoms with Gasteiger partial charge in [0.05, 0.1) is 33.1 Å². The SMILES string of the molecule is COc1ccccc1NC(=O)N1CCc2cc(OC)c(OC)cc2[C@@H]1CNC(C)=O. The van der Waals surface area contributed by atoms with Gasteiger partial charge in [0, 0.05) is 20.0 Å². The first kappa shape index (κ1) is 21.3. The van der Waals surface area contributed by atoms with Gasteiger partial charge < -0.3 is 29.7 Å². The summed E-state index contributed by atoms with van der Waals surface area (Å²) in [5.41, 5.74) is 2.56. The van der Waals surface area contributed by atoms with Crippen LogP contribution in [0.2, 0.25) is 0 Å². The van der Waals surface area contributed by atoms with Crippen LogP contribution < -0.4 is 24.8 Å². The van der Waals surface area contributed by atoms with Crippen LogP contribution in [0.5, 0.6) is 17.2 Å². The van der Waals surface area contributed by atoms with E-state index >= 15 is 0 Å². The second-order valence-electron chi connectivity index (χ2n) is 6.93. The Morgan fingerprint density at radius 2 is 1.70 bits per heavy atom. The maximum Gasteiger partial charge on any atom is 0.322 e. The van der Waals surface area contributed by atoms with Gasteiger partial charge in [0.15, 0.2) is 11.5 Å². The summed E-state index contributed by atoms with van der Waals surface area (Å²) in [7, 11) is 4.72. The summed E-state index contributed by atoms with van der Waals surface area (Å²) in [5, 5.41) is 5.76. The van der Waals surface area contributed by atoms with Crippen LogP contribution in [0.1, 0.15) is 24.1 Å². The molecule has 3 rings (SSSR count). The highest BCUT2D eigenvalue weighted by molar-refractivity contribution is 5.91. The molecule has 0 radical (unpaired) electrons. The number of nitrogens with zero attached hydrogens (tertiary/aromatic N) is 1. The fraction of sp³-hybridized carbons (Fsp3) is 0.364. The Balaban J connectivity index is 1.93. The fourth-order valence-electron chi connectivity index (χ4n) is 3.67. The maximum absolute atomic E-state index is 13.2. The summed E-state index contributed by atoms with van der Waals surface area (Å²) >= 11 is 0. The summed E-state index contributed by atoms with van der Waals surface area (Å²) in [6.45, 7) is 2.24. The fourth-order valence-corrected chi connectivity index (χ4v) is 3.67. The number of benzene rings is 2. The molecule has 0 aliphatic carbocycles. The summed E-state index contributed by atoms with van der Waals surface area (Å²) in [6.07, 6.45) is 0.658. The lowest BCUT2D eigenvalue weighted by Gasteiger charge is -2.37. The lowest BCUT2D eigenvalue weighted by molar-refractivity contribution is -0.119. The third-order valence-electron chi connectivity index (χ3n) is 5.16. The Kier molecular flexibility index (Phi) is 6.66. The average Bonchev–Trinajstić information content (AvgIpc) is 2.76. The molecule has 0 unspecified atom stereocenters. The number of hydrogen-bond acceptors (Lipinski definition) is 5. The number of hydrogen-bond donors (Lipinski definition) is 2. The monoisotopic (exact) mass is 413 g/mol. The lowest BCUT2D eigenvalue weighted by Crippen LogP contribution is -2.46. The van der Waals surface area contributed by atoms with Crippen molar-refractivity contribution in [3.63, 3.8) is 0 Å². The smallest absolute Gasteiger partial charge is 0.322 e. The zero-order valence-electron chi connectivity index (χ0n) is 17.7. The van der Waals surface area contributed by atoms with Crippen molar-refractivity contribution >= 4 is 17.6 Å². The summed E-state index contributed by atoms with van der Waals surface area (Å²) in [5.74, 6) is 1.64. The second-order valence-corrected chi connectivity index (χ2v) is 6.93. The lowest BCUT2D eigenvalue weighted by atomic mass is 9.92. The van der Waals surface area contributed by atoms with Crippen molar-refractivity contribution in [1.82, 2.24) is 10.2 Å². The van der Waals surface area contributed by atoms with Gasteiger partial charge in [-0.15, -0.1) is 0 Å². The minimum absolute atomic E-state index is 0.160. The number of carbonyl (C=O) groups excluding carboxylic acids is 2. The van der Waals surface area contributed by atoms with E-state index in [9.17, 15) is 9.59 Å². The summed E-state index contributed by atoms with van der Waals surface area (Å²) in [6, 6.07) is 10.4. The highest BCUT2D eigenvalue weighted by Crippen LogP contribution is 2.38. The zero-order chi connectivity index (χ0) is 21.7. The predicted molar refractivity (Wildman–Crippen MR) is 113 cm³/mol. The number of anilines is 1. The van der Waals surface area contributed by atoms with Crippen molar-refractivity contribution in [3.05, 3.63) is 47.5 Å². The number of amides is 3. The standard InChI is InChI=1S/C22H27N3O5/c1-14(26)23-13-18-16-12-21(30-4)20(29-3)11-15(16)9-10-25(18)22(27)24-17-7-5-6-8-19(17)28-2/h5-8,11-12,18H,9-10,13H2,1-4H3,(H,23,26)(H,24,27)/t18-/m0/s1. The van der Waals surface area contributed by atoms with Gasteiger partial charge in [-0.25, -0.2) is 4.79 Å². The highest BCUT2D eigenvalue weighted by atomic mass is 16.5. The van der Waals surface area contributed by atoms with Crippen LogP contribution in [-0.4, -0.2) is 51.3 Å². The third-order valence-corrected chi connectivity index (χ3v) is 5.16. The molecule has 2 aromatic carbocycles. The highest BCUT2D eigenvalue weighted by Gasteiger charge is 2.32. The van der Waals surface area contributed by atoms with E-state index in [1.165, 1.54) is 6.92 Å². The van der Waals surface area contributed by atoms with E-state index in [1.807, 2.05) is 24.3 Å². The van der Waals surface area contributed by atoms with Gasteiger partial charge in [-0.05, 0) is 41.8 Å². The molecule has 1 aliphatic rings. The van der Waals surface area contributed by atoms with Crippen LogP contribution in [0.4, 0.5) is 10.5 Å². The van der Waals surface area contributed by atoms with Crippen LogP contribution >= 0.6 is 0 Å². The number of carbonyl (C=O) groups is 2. The number of ether oxygens (including phenoxy) is 3. The van der Waals surface area contributed by atoms with Gasteiger partial charge in [-0.2, -0.15) is 0 Å². The van der Waals surface area contributed by atoms with Crippen molar-refractivity contribution in [2.24, 2.45) is 0 Å². The molecule has 0 saturated heterocycles. The average molecular weight is 413 g/mol.